The van der Waals surface area contributed by atoms with Crippen LogP contribution >= 0.6 is 0 Å². The number of ether oxygens (including phenoxy) is 1. The Bertz CT molecular complexity index is 997. The number of hydrogen-bond donors (Lipinski definition) is 1. The highest BCUT2D eigenvalue weighted by Crippen LogP contribution is 2.43. The predicted molar refractivity (Wildman–Crippen MR) is 119 cm³/mol. The lowest BCUT2D eigenvalue weighted by Gasteiger charge is -2.39. The van der Waals surface area contributed by atoms with Gasteiger partial charge in [0.2, 0.25) is 5.91 Å². The monoisotopic (exact) mass is 419 g/mol. The summed E-state index contributed by atoms with van der Waals surface area (Å²) in [4.78, 5) is 29.8. The summed E-state index contributed by atoms with van der Waals surface area (Å²) in [6.45, 7) is 3.10. The normalized spacial score (nSPS) is 21.4. The summed E-state index contributed by atoms with van der Waals surface area (Å²) >= 11 is 0. The number of fused-ring (bicyclic) bond motifs is 1. The molecule has 1 spiro atoms. The highest BCUT2D eigenvalue weighted by Gasteiger charge is 2.45. The van der Waals surface area contributed by atoms with E-state index in [1.54, 1.807) is 7.11 Å². The lowest BCUT2D eigenvalue weighted by Crippen LogP contribution is -2.46. The Morgan fingerprint density at radius 2 is 1.65 bits per heavy atom. The van der Waals surface area contributed by atoms with Gasteiger partial charge >= 0.3 is 6.03 Å². The molecular formula is C25H29N3O3. The number of nitrogens with zero attached hydrogens (tertiary/aromatic N) is 2. The Morgan fingerprint density at radius 1 is 0.968 bits per heavy atom. The van der Waals surface area contributed by atoms with Gasteiger partial charge in [-0.15, -0.1) is 0 Å². The van der Waals surface area contributed by atoms with Gasteiger partial charge in [0.05, 0.1) is 18.7 Å². The fraction of sp³-hybridized carbons (Fsp3) is 0.440. The van der Waals surface area contributed by atoms with Crippen molar-refractivity contribution >= 4 is 17.6 Å². The first-order valence-corrected chi connectivity index (χ1v) is 11.1. The quantitative estimate of drug-likeness (QED) is 0.821. The zero-order chi connectivity index (χ0) is 21.4. The molecule has 2 aromatic rings. The second-order valence-corrected chi connectivity index (χ2v) is 9.08. The molecule has 0 radical (unpaired) electrons. The van der Waals surface area contributed by atoms with Crippen LogP contribution < -0.4 is 10.1 Å². The van der Waals surface area contributed by atoms with Gasteiger partial charge in [-0.3, -0.25) is 4.79 Å². The van der Waals surface area contributed by atoms with Crippen molar-refractivity contribution in [3.8, 4) is 5.75 Å². The summed E-state index contributed by atoms with van der Waals surface area (Å²) in [5, 5.41) is 2.97. The number of urea groups is 1. The Hall–Kier alpha value is -3.02. The Morgan fingerprint density at radius 3 is 2.39 bits per heavy atom. The molecule has 5 rings (SSSR count). The number of benzene rings is 2. The molecule has 2 aromatic carbocycles. The number of rotatable bonds is 3. The second kappa shape index (κ2) is 7.91. The van der Waals surface area contributed by atoms with E-state index in [9.17, 15) is 9.59 Å². The number of anilines is 1. The van der Waals surface area contributed by atoms with Crippen molar-refractivity contribution in [2.75, 3.05) is 38.6 Å². The zero-order valence-electron chi connectivity index (χ0n) is 18.0. The van der Waals surface area contributed by atoms with Gasteiger partial charge in [-0.2, -0.15) is 0 Å². The molecule has 2 saturated heterocycles. The Balaban J connectivity index is 1.16. The summed E-state index contributed by atoms with van der Waals surface area (Å²) in [5.74, 6) is 0.983. The second-order valence-electron chi connectivity index (χ2n) is 9.08. The summed E-state index contributed by atoms with van der Waals surface area (Å²) in [7, 11) is 1.60. The number of nitrogens with one attached hydrogen (secondary N) is 1. The van der Waals surface area contributed by atoms with Crippen LogP contribution in [-0.4, -0.2) is 55.0 Å². The molecule has 3 aliphatic rings. The van der Waals surface area contributed by atoms with Crippen molar-refractivity contribution in [2.45, 2.75) is 31.6 Å². The maximum Gasteiger partial charge on any atom is 0.321 e. The molecule has 1 unspecified atom stereocenters. The van der Waals surface area contributed by atoms with E-state index in [4.69, 9.17) is 4.74 Å². The van der Waals surface area contributed by atoms with E-state index in [0.29, 0.717) is 11.4 Å². The van der Waals surface area contributed by atoms with Crippen molar-refractivity contribution in [1.29, 1.82) is 0 Å². The van der Waals surface area contributed by atoms with Crippen LogP contribution in [0.4, 0.5) is 10.5 Å². The molecule has 0 saturated carbocycles. The molecule has 3 amide bonds. The van der Waals surface area contributed by atoms with E-state index >= 15 is 0 Å². The maximum atomic E-state index is 13.1. The molecule has 162 valence electrons. The van der Waals surface area contributed by atoms with Crippen LogP contribution in [0, 0.1) is 5.41 Å². The van der Waals surface area contributed by atoms with Crippen molar-refractivity contribution in [2.24, 2.45) is 5.41 Å². The van der Waals surface area contributed by atoms with Crippen molar-refractivity contribution in [3.05, 3.63) is 59.7 Å². The number of para-hydroxylation sites is 2. The number of carbonyl (C=O) groups excluding carboxylic acids is 2. The number of hydrogen-bond acceptors (Lipinski definition) is 3. The van der Waals surface area contributed by atoms with Gasteiger partial charge < -0.3 is 19.9 Å². The molecule has 1 N–H and O–H groups in total. The topological polar surface area (TPSA) is 61.9 Å². The molecule has 6 heteroatoms. The average molecular weight is 420 g/mol. The third-order valence-electron chi connectivity index (χ3n) is 7.36. The van der Waals surface area contributed by atoms with E-state index in [2.05, 4.69) is 22.3 Å². The number of piperidine rings is 1. The molecule has 2 fully saturated rings. The molecule has 0 aromatic heterocycles. The van der Waals surface area contributed by atoms with Crippen LogP contribution in [0.15, 0.2) is 48.5 Å². The molecule has 1 aliphatic carbocycles. The fourth-order valence-electron chi connectivity index (χ4n) is 5.36. The molecule has 31 heavy (non-hydrogen) atoms. The summed E-state index contributed by atoms with van der Waals surface area (Å²) in [6.07, 6.45) is 3.79. The minimum Gasteiger partial charge on any atom is -0.495 e. The third-order valence-corrected chi connectivity index (χ3v) is 7.36. The molecule has 6 nitrogen and oxygen atoms in total. The van der Waals surface area contributed by atoms with Crippen LogP contribution in [0.3, 0.4) is 0 Å². The largest absolute Gasteiger partial charge is 0.495 e. The highest BCUT2D eigenvalue weighted by atomic mass is 16.5. The lowest BCUT2D eigenvalue weighted by molar-refractivity contribution is -0.132. The first-order valence-electron chi connectivity index (χ1n) is 11.1. The van der Waals surface area contributed by atoms with E-state index in [-0.39, 0.29) is 23.3 Å². The van der Waals surface area contributed by atoms with Crippen molar-refractivity contribution in [1.82, 2.24) is 9.80 Å². The maximum absolute atomic E-state index is 13.1. The SMILES string of the molecule is COc1ccccc1NC(=O)N1CCC2(CC1)CCN(C(=O)C1Cc3ccccc31)C2. The van der Waals surface area contributed by atoms with Crippen molar-refractivity contribution < 1.29 is 14.3 Å². The zero-order valence-corrected chi connectivity index (χ0v) is 18.0. The van der Waals surface area contributed by atoms with Crippen LogP contribution in [-0.2, 0) is 11.2 Å². The lowest BCUT2D eigenvalue weighted by atomic mass is 9.76. The van der Waals surface area contributed by atoms with Gasteiger partial charge in [0.15, 0.2) is 0 Å². The van der Waals surface area contributed by atoms with Gasteiger partial charge in [0, 0.05) is 26.2 Å². The van der Waals surface area contributed by atoms with Crippen LogP contribution in [0.5, 0.6) is 5.75 Å². The van der Waals surface area contributed by atoms with Crippen LogP contribution in [0.2, 0.25) is 0 Å². The van der Waals surface area contributed by atoms with Crippen LogP contribution in [0.25, 0.3) is 0 Å². The number of likely N-dealkylation sites (tertiary alicyclic amines) is 2. The number of methoxy groups -OCH3 is 1. The van der Waals surface area contributed by atoms with Crippen molar-refractivity contribution in [3.63, 3.8) is 0 Å². The highest BCUT2D eigenvalue weighted by molar-refractivity contribution is 5.91. The minimum atomic E-state index is -0.0867. The minimum absolute atomic E-state index is 0.0399. The molecule has 0 bridgehead atoms. The molecule has 2 heterocycles. The van der Waals surface area contributed by atoms with Gasteiger partial charge in [0.25, 0.3) is 0 Å². The van der Waals surface area contributed by atoms with Gasteiger partial charge in [0.1, 0.15) is 5.75 Å². The molecular weight excluding hydrogens is 390 g/mol. The average Bonchev–Trinajstić information content (AvgIpc) is 3.19. The fourth-order valence-corrected chi connectivity index (χ4v) is 5.36. The van der Waals surface area contributed by atoms with Gasteiger partial charge in [-0.05, 0) is 54.4 Å². The predicted octanol–water partition coefficient (Wildman–Crippen LogP) is 3.88. The van der Waals surface area contributed by atoms with E-state index < -0.39 is 0 Å². The summed E-state index contributed by atoms with van der Waals surface area (Å²) in [5.41, 5.74) is 3.36. The molecule has 1 atom stereocenters. The van der Waals surface area contributed by atoms with E-state index in [1.165, 1.54) is 11.1 Å². The molecule has 2 aliphatic heterocycles. The van der Waals surface area contributed by atoms with Crippen LogP contribution in [0.1, 0.15) is 36.3 Å². The van der Waals surface area contributed by atoms with E-state index in [0.717, 1.165) is 51.9 Å². The standard InChI is InChI=1S/C25H29N3O3/c1-31-22-9-5-4-8-21(22)26-24(30)27-13-10-25(11-14-27)12-15-28(17-25)23(29)20-16-18-6-2-3-7-19(18)20/h2-9,20H,10-17H2,1H3,(H,26,30). The van der Waals surface area contributed by atoms with Gasteiger partial charge in [-0.25, -0.2) is 4.79 Å². The number of carbonyl (C=O) groups is 2. The van der Waals surface area contributed by atoms with Gasteiger partial charge in [-0.1, -0.05) is 36.4 Å². The Labute approximate surface area is 183 Å². The first-order chi connectivity index (χ1) is 15.1. The summed E-state index contributed by atoms with van der Waals surface area (Å²) < 4.78 is 5.33. The third kappa shape index (κ3) is 3.64. The number of amides is 3. The Kier molecular flexibility index (Phi) is 5.08. The smallest absolute Gasteiger partial charge is 0.321 e. The first kappa shape index (κ1) is 19.9. The summed E-state index contributed by atoms with van der Waals surface area (Å²) in [6, 6.07) is 15.6. The van der Waals surface area contributed by atoms with E-state index in [1.807, 2.05) is 41.3 Å².